The summed E-state index contributed by atoms with van der Waals surface area (Å²) in [7, 11) is -1.78. The highest BCUT2D eigenvalue weighted by Crippen LogP contribution is 2.34. The van der Waals surface area contributed by atoms with Gasteiger partial charge in [-0.3, -0.25) is 0 Å². The van der Waals surface area contributed by atoms with Crippen molar-refractivity contribution in [2.75, 3.05) is 20.2 Å². The third kappa shape index (κ3) is 3.05. The van der Waals surface area contributed by atoms with Gasteiger partial charge in [0.2, 0.25) is 10.0 Å². The predicted octanol–water partition coefficient (Wildman–Crippen LogP) is 3.01. The van der Waals surface area contributed by atoms with E-state index < -0.39 is 10.0 Å². The van der Waals surface area contributed by atoms with E-state index in [0.29, 0.717) is 18.0 Å². The van der Waals surface area contributed by atoms with Crippen LogP contribution in [0.5, 0.6) is 0 Å². The molecule has 0 saturated carbocycles. The number of methoxy groups -OCH3 is 1. The Morgan fingerprint density at radius 3 is 2.74 bits per heavy atom. The first-order chi connectivity index (χ1) is 8.78. The van der Waals surface area contributed by atoms with Gasteiger partial charge in [0.1, 0.15) is 0 Å². The number of hydrogen-bond acceptors (Lipinski definition) is 4. The van der Waals surface area contributed by atoms with Gasteiger partial charge in [-0.15, -0.1) is 11.3 Å². The van der Waals surface area contributed by atoms with E-state index in [9.17, 15) is 8.42 Å². The first kappa shape index (κ1) is 15.4. The Morgan fingerprint density at radius 2 is 2.21 bits per heavy atom. The zero-order chi connectivity index (χ0) is 14.3. The van der Waals surface area contributed by atoms with Crippen LogP contribution in [-0.2, 0) is 14.8 Å². The van der Waals surface area contributed by atoms with E-state index in [0.717, 1.165) is 21.5 Å². The van der Waals surface area contributed by atoms with E-state index in [4.69, 9.17) is 4.74 Å². The van der Waals surface area contributed by atoms with Crippen molar-refractivity contribution in [1.82, 2.24) is 4.31 Å². The fraction of sp³-hybridized carbons (Fsp3) is 0.667. The number of hydrogen-bond donors (Lipinski definition) is 0. The Bertz CT molecular complexity index is 570. The lowest BCUT2D eigenvalue weighted by Crippen LogP contribution is -2.49. The maximum absolute atomic E-state index is 12.7. The molecule has 2 rings (SSSR count). The molecular weight excluding hydrogens is 350 g/mol. The summed E-state index contributed by atoms with van der Waals surface area (Å²) in [6, 6.07) is 1.69. The topological polar surface area (TPSA) is 46.6 Å². The SMILES string of the molecule is COC1(C)CCCN(S(=O)(=O)c2cc(Br)sc2C)C1. The van der Waals surface area contributed by atoms with Crippen molar-refractivity contribution in [2.24, 2.45) is 0 Å². The summed E-state index contributed by atoms with van der Waals surface area (Å²) < 4.78 is 33.2. The van der Waals surface area contributed by atoms with E-state index in [1.54, 1.807) is 17.5 Å². The minimum Gasteiger partial charge on any atom is -0.377 e. The largest absolute Gasteiger partial charge is 0.377 e. The molecule has 1 atom stereocenters. The van der Waals surface area contributed by atoms with Crippen molar-refractivity contribution >= 4 is 37.3 Å². The van der Waals surface area contributed by atoms with Gasteiger partial charge in [0, 0.05) is 25.1 Å². The standard InChI is InChI=1S/C12H18BrNO3S2/c1-9-10(7-11(13)18-9)19(15,16)14-6-4-5-12(2,8-14)17-3/h7H,4-6,8H2,1-3H3. The van der Waals surface area contributed by atoms with Crippen LogP contribution in [-0.4, -0.2) is 38.5 Å². The number of halogens is 1. The molecule has 108 valence electrons. The third-order valence-electron chi connectivity index (χ3n) is 3.58. The van der Waals surface area contributed by atoms with Gasteiger partial charge >= 0.3 is 0 Å². The van der Waals surface area contributed by atoms with Crippen LogP contribution >= 0.6 is 27.3 Å². The zero-order valence-corrected chi connectivity index (χ0v) is 14.5. The number of piperidine rings is 1. The minimum atomic E-state index is -3.42. The van der Waals surface area contributed by atoms with Crippen LogP contribution in [0.25, 0.3) is 0 Å². The molecule has 2 heterocycles. The molecule has 1 unspecified atom stereocenters. The lowest BCUT2D eigenvalue weighted by atomic mass is 9.96. The molecule has 0 aliphatic carbocycles. The summed E-state index contributed by atoms with van der Waals surface area (Å²) in [5.41, 5.74) is -0.382. The molecule has 1 aromatic rings. The van der Waals surface area contributed by atoms with Crippen LogP contribution in [0.4, 0.5) is 0 Å². The highest BCUT2D eigenvalue weighted by molar-refractivity contribution is 9.11. The van der Waals surface area contributed by atoms with Crippen molar-refractivity contribution < 1.29 is 13.2 Å². The quantitative estimate of drug-likeness (QED) is 0.824. The second-order valence-electron chi connectivity index (χ2n) is 5.07. The highest BCUT2D eigenvalue weighted by atomic mass is 79.9. The van der Waals surface area contributed by atoms with Crippen molar-refractivity contribution in [3.8, 4) is 0 Å². The number of ether oxygens (including phenoxy) is 1. The third-order valence-corrected chi connectivity index (χ3v) is 7.23. The maximum atomic E-state index is 12.7. The molecule has 0 radical (unpaired) electrons. The molecule has 0 N–H and O–H groups in total. The summed E-state index contributed by atoms with van der Waals surface area (Å²) >= 11 is 4.79. The van der Waals surface area contributed by atoms with E-state index in [1.165, 1.54) is 11.3 Å². The maximum Gasteiger partial charge on any atom is 0.244 e. The molecule has 1 saturated heterocycles. The van der Waals surface area contributed by atoms with Crippen LogP contribution in [0.1, 0.15) is 24.6 Å². The second kappa shape index (κ2) is 5.44. The van der Waals surface area contributed by atoms with Crippen LogP contribution < -0.4 is 0 Å². The van der Waals surface area contributed by atoms with Crippen LogP contribution in [0, 0.1) is 6.92 Å². The van der Waals surface area contributed by atoms with Crippen molar-refractivity contribution in [1.29, 1.82) is 0 Å². The summed E-state index contributed by atoms with van der Waals surface area (Å²) in [5.74, 6) is 0. The number of sulfonamides is 1. The Labute approximate surface area is 126 Å². The second-order valence-corrected chi connectivity index (χ2v) is 9.61. The van der Waals surface area contributed by atoms with Gasteiger partial charge in [-0.1, -0.05) is 0 Å². The van der Waals surface area contributed by atoms with Crippen molar-refractivity contribution in [2.45, 2.75) is 37.2 Å². The number of rotatable bonds is 3. The van der Waals surface area contributed by atoms with E-state index in [2.05, 4.69) is 15.9 Å². The highest BCUT2D eigenvalue weighted by Gasteiger charge is 2.37. The van der Waals surface area contributed by atoms with Gasteiger partial charge in [-0.05, 0) is 48.7 Å². The molecule has 1 aliphatic heterocycles. The normalized spacial score (nSPS) is 25.7. The first-order valence-electron chi connectivity index (χ1n) is 6.10. The summed E-state index contributed by atoms with van der Waals surface area (Å²) in [5, 5.41) is 0. The van der Waals surface area contributed by atoms with Gasteiger partial charge in [0.25, 0.3) is 0 Å². The lowest BCUT2D eigenvalue weighted by Gasteiger charge is -2.38. The molecule has 0 spiro atoms. The van der Waals surface area contributed by atoms with Gasteiger partial charge in [0.15, 0.2) is 0 Å². The first-order valence-corrected chi connectivity index (χ1v) is 9.15. The minimum absolute atomic E-state index is 0.382. The molecule has 1 aliphatic rings. The molecule has 4 nitrogen and oxygen atoms in total. The number of nitrogens with zero attached hydrogens (tertiary/aromatic N) is 1. The summed E-state index contributed by atoms with van der Waals surface area (Å²) in [4.78, 5) is 1.22. The summed E-state index contributed by atoms with van der Waals surface area (Å²) in [6.07, 6.45) is 1.72. The predicted molar refractivity (Wildman–Crippen MR) is 80.2 cm³/mol. The molecule has 7 heteroatoms. The van der Waals surface area contributed by atoms with Crippen molar-refractivity contribution in [3.63, 3.8) is 0 Å². The van der Waals surface area contributed by atoms with E-state index >= 15 is 0 Å². The van der Waals surface area contributed by atoms with Crippen LogP contribution in [0.3, 0.4) is 0 Å². The summed E-state index contributed by atoms with van der Waals surface area (Å²) in [6.45, 7) is 4.78. The van der Waals surface area contributed by atoms with E-state index in [1.807, 2.05) is 13.8 Å². The fourth-order valence-corrected chi connectivity index (χ4v) is 6.33. The Morgan fingerprint density at radius 1 is 1.53 bits per heavy atom. The van der Waals surface area contributed by atoms with Gasteiger partial charge in [-0.2, -0.15) is 4.31 Å². The zero-order valence-electron chi connectivity index (χ0n) is 11.3. The molecule has 0 bridgehead atoms. The number of thiophene rings is 1. The molecule has 19 heavy (non-hydrogen) atoms. The molecule has 0 aromatic carbocycles. The van der Waals surface area contributed by atoms with E-state index in [-0.39, 0.29) is 5.60 Å². The van der Waals surface area contributed by atoms with Gasteiger partial charge < -0.3 is 4.74 Å². The fourth-order valence-electron chi connectivity index (χ4n) is 2.36. The molecule has 1 aromatic heterocycles. The van der Waals surface area contributed by atoms with Gasteiger partial charge in [0.05, 0.1) is 14.3 Å². The Hall–Kier alpha value is 0.0500. The van der Waals surface area contributed by atoms with Crippen LogP contribution in [0.15, 0.2) is 14.7 Å². The number of aryl methyl sites for hydroxylation is 1. The van der Waals surface area contributed by atoms with Gasteiger partial charge in [-0.25, -0.2) is 8.42 Å². The lowest BCUT2D eigenvalue weighted by molar-refractivity contribution is -0.0319. The average molecular weight is 368 g/mol. The molecule has 0 amide bonds. The monoisotopic (exact) mass is 367 g/mol. The van der Waals surface area contributed by atoms with Crippen LogP contribution in [0.2, 0.25) is 0 Å². The molecule has 1 fully saturated rings. The average Bonchev–Trinajstić information content (AvgIpc) is 2.69. The Kier molecular flexibility index (Phi) is 4.42. The smallest absolute Gasteiger partial charge is 0.244 e. The van der Waals surface area contributed by atoms with Crippen molar-refractivity contribution in [3.05, 3.63) is 14.7 Å². The Balaban J connectivity index is 2.32. The molecular formula is C12H18BrNO3S2.